The number of nitrogens with zero attached hydrogens (tertiary/aromatic N) is 1. The maximum atomic E-state index is 11.4. The fraction of sp³-hybridized carbons (Fsp3) is 0.118. The van der Waals surface area contributed by atoms with Crippen molar-refractivity contribution in [2.75, 3.05) is 5.32 Å². The SMILES string of the molecule is Cc1cc2cc(Nc3ccc(Br)cc3C(=O)O)ccc2n1C. The van der Waals surface area contributed by atoms with Crippen LogP contribution in [0.1, 0.15) is 16.1 Å². The van der Waals surface area contributed by atoms with Gasteiger partial charge in [-0.1, -0.05) is 15.9 Å². The summed E-state index contributed by atoms with van der Waals surface area (Å²) in [5.41, 5.74) is 4.00. The summed E-state index contributed by atoms with van der Waals surface area (Å²) in [4.78, 5) is 11.4. The molecule has 3 aromatic rings. The van der Waals surface area contributed by atoms with Gasteiger partial charge in [-0.25, -0.2) is 4.79 Å². The molecule has 5 heteroatoms. The highest BCUT2D eigenvalue weighted by molar-refractivity contribution is 9.10. The lowest BCUT2D eigenvalue weighted by Crippen LogP contribution is -2.02. The third-order valence-corrected chi connectivity index (χ3v) is 4.27. The first-order valence-electron chi connectivity index (χ1n) is 6.81. The number of nitrogens with one attached hydrogen (secondary N) is 1. The second-order valence-electron chi connectivity index (χ2n) is 5.24. The molecule has 0 saturated carbocycles. The predicted molar refractivity (Wildman–Crippen MR) is 92.0 cm³/mol. The van der Waals surface area contributed by atoms with Crippen LogP contribution in [0.5, 0.6) is 0 Å². The quantitative estimate of drug-likeness (QED) is 0.713. The van der Waals surface area contributed by atoms with Gasteiger partial charge in [0.15, 0.2) is 0 Å². The lowest BCUT2D eigenvalue weighted by atomic mass is 10.1. The number of aromatic carboxylic acids is 1. The van der Waals surface area contributed by atoms with Gasteiger partial charge in [-0.15, -0.1) is 0 Å². The zero-order valence-corrected chi connectivity index (χ0v) is 13.8. The molecule has 0 fully saturated rings. The first-order valence-corrected chi connectivity index (χ1v) is 7.61. The zero-order valence-electron chi connectivity index (χ0n) is 12.2. The summed E-state index contributed by atoms with van der Waals surface area (Å²) in [5, 5.41) is 13.6. The number of hydrogen-bond acceptors (Lipinski definition) is 2. The number of carboxylic acids is 1. The van der Waals surface area contributed by atoms with Gasteiger partial charge in [0.05, 0.1) is 11.3 Å². The number of carboxylic acid groups (broad SMARTS) is 1. The predicted octanol–water partition coefficient (Wildman–Crippen LogP) is 4.69. The average molecular weight is 359 g/mol. The Morgan fingerprint density at radius 3 is 2.68 bits per heavy atom. The molecular weight excluding hydrogens is 344 g/mol. The third kappa shape index (κ3) is 2.60. The van der Waals surface area contributed by atoms with E-state index in [1.54, 1.807) is 12.1 Å². The second kappa shape index (κ2) is 5.50. The number of halogens is 1. The van der Waals surface area contributed by atoms with E-state index < -0.39 is 5.97 Å². The van der Waals surface area contributed by atoms with E-state index in [-0.39, 0.29) is 5.56 Å². The summed E-state index contributed by atoms with van der Waals surface area (Å²) in [6, 6.07) is 13.3. The smallest absolute Gasteiger partial charge is 0.337 e. The number of carbonyl (C=O) groups is 1. The average Bonchev–Trinajstić information content (AvgIpc) is 2.75. The van der Waals surface area contributed by atoms with Crippen molar-refractivity contribution in [3.8, 4) is 0 Å². The van der Waals surface area contributed by atoms with E-state index in [1.165, 1.54) is 5.69 Å². The number of anilines is 2. The Labute approximate surface area is 136 Å². The van der Waals surface area contributed by atoms with Crippen LogP contribution in [0, 0.1) is 6.92 Å². The summed E-state index contributed by atoms with van der Waals surface area (Å²) < 4.78 is 2.87. The third-order valence-electron chi connectivity index (χ3n) is 3.77. The van der Waals surface area contributed by atoms with Crippen LogP contribution in [-0.4, -0.2) is 15.6 Å². The molecule has 0 aliphatic carbocycles. The van der Waals surface area contributed by atoms with E-state index in [4.69, 9.17) is 0 Å². The minimum Gasteiger partial charge on any atom is -0.478 e. The molecule has 0 atom stereocenters. The van der Waals surface area contributed by atoms with Crippen molar-refractivity contribution >= 4 is 44.2 Å². The normalized spacial score (nSPS) is 10.9. The van der Waals surface area contributed by atoms with Crippen LogP contribution in [-0.2, 0) is 7.05 Å². The Hall–Kier alpha value is -2.27. The summed E-state index contributed by atoms with van der Waals surface area (Å²) >= 11 is 3.30. The Kier molecular flexibility index (Phi) is 3.66. The maximum absolute atomic E-state index is 11.4. The first-order chi connectivity index (χ1) is 10.5. The highest BCUT2D eigenvalue weighted by atomic mass is 79.9. The molecule has 3 rings (SSSR count). The molecule has 0 unspecified atom stereocenters. The molecule has 2 aromatic carbocycles. The van der Waals surface area contributed by atoms with Gasteiger partial charge in [-0.2, -0.15) is 0 Å². The molecule has 2 N–H and O–H groups in total. The topological polar surface area (TPSA) is 54.3 Å². The van der Waals surface area contributed by atoms with Gasteiger partial charge in [0.1, 0.15) is 0 Å². The van der Waals surface area contributed by atoms with Crippen molar-refractivity contribution < 1.29 is 9.90 Å². The van der Waals surface area contributed by atoms with Crippen molar-refractivity contribution in [2.45, 2.75) is 6.92 Å². The van der Waals surface area contributed by atoms with E-state index in [1.807, 2.05) is 31.3 Å². The number of rotatable bonds is 3. The maximum Gasteiger partial charge on any atom is 0.337 e. The number of aryl methyl sites for hydroxylation is 2. The number of fused-ring (bicyclic) bond motifs is 1. The van der Waals surface area contributed by atoms with E-state index >= 15 is 0 Å². The molecule has 0 spiro atoms. The lowest BCUT2D eigenvalue weighted by Gasteiger charge is -2.10. The minimum absolute atomic E-state index is 0.235. The molecule has 112 valence electrons. The Balaban J connectivity index is 2.01. The van der Waals surface area contributed by atoms with E-state index in [0.717, 1.165) is 21.1 Å². The van der Waals surface area contributed by atoms with E-state index in [9.17, 15) is 9.90 Å². The van der Waals surface area contributed by atoms with Crippen molar-refractivity contribution in [3.05, 3.63) is 58.2 Å². The van der Waals surface area contributed by atoms with Crippen LogP contribution in [0.3, 0.4) is 0 Å². The summed E-state index contributed by atoms with van der Waals surface area (Å²) in [7, 11) is 2.03. The highest BCUT2D eigenvalue weighted by Gasteiger charge is 2.11. The van der Waals surface area contributed by atoms with Gasteiger partial charge in [-0.05, 0) is 49.4 Å². The van der Waals surface area contributed by atoms with Crippen molar-refractivity contribution in [1.82, 2.24) is 4.57 Å². The van der Waals surface area contributed by atoms with Gasteiger partial charge >= 0.3 is 5.97 Å². The van der Waals surface area contributed by atoms with E-state index in [2.05, 4.69) is 38.8 Å². The standard InChI is InChI=1S/C17H15BrN2O2/c1-10-7-11-8-13(4-6-16(11)20(10)2)19-15-5-3-12(18)9-14(15)17(21)22/h3-9,19H,1-2H3,(H,21,22). The van der Waals surface area contributed by atoms with Crippen LogP contribution in [0.15, 0.2) is 46.9 Å². The van der Waals surface area contributed by atoms with Gasteiger partial charge in [0, 0.05) is 33.8 Å². The molecular formula is C17H15BrN2O2. The van der Waals surface area contributed by atoms with Gasteiger partial charge in [0.2, 0.25) is 0 Å². The largest absolute Gasteiger partial charge is 0.478 e. The molecule has 0 saturated heterocycles. The molecule has 0 aliphatic rings. The molecule has 0 radical (unpaired) electrons. The van der Waals surface area contributed by atoms with Crippen LogP contribution >= 0.6 is 15.9 Å². The highest BCUT2D eigenvalue weighted by Crippen LogP contribution is 2.27. The van der Waals surface area contributed by atoms with Gasteiger partial charge in [-0.3, -0.25) is 0 Å². The van der Waals surface area contributed by atoms with Crippen LogP contribution in [0.4, 0.5) is 11.4 Å². The summed E-state index contributed by atoms with van der Waals surface area (Å²) in [6.07, 6.45) is 0. The first kappa shape index (κ1) is 14.7. The van der Waals surface area contributed by atoms with Gasteiger partial charge < -0.3 is 15.0 Å². The number of benzene rings is 2. The Bertz CT molecular complexity index is 884. The Morgan fingerprint density at radius 2 is 1.95 bits per heavy atom. The Morgan fingerprint density at radius 1 is 1.18 bits per heavy atom. The lowest BCUT2D eigenvalue weighted by molar-refractivity contribution is 0.0698. The molecule has 1 aromatic heterocycles. The fourth-order valence-corrected chi connectivity index (χ4v) is 2.88. The summed E-state index contributed by atoms with van der Waals surface area (Å²) in [5.74, 6) is -0.958. The van der Waals surface area contributed by atoms with Crippen molar-refractivity contribution in [2.24, 2.45) is 7.05 Å². The second-order valence-corrected chi connectivity index (χ2v) is 6.15. The van der Waals surface area contributed by atoms with E-state index in [0.29, 0.717) is 5.69 Å². The molecule has 1 heterocycles. The zero-order chi connectivity index (χ0) is 15.9. The fourth-order valence-electron chi connectivity index (χ4n) is 2.52. The molecule has 0 amide bonds. The minimum atomic E-state index is -0.958. The monoisotopic (exact) mass is 358 g/mol. The number of aromatic nitrogens is 1. The summed E-state index contributed by atoms with van der Waals surface area (Å²) in [6.45, 7) is 2.06. The van der Waals surface area contributed by atoms with Crippen molar-refractivity contribution in [1.29, 1.82) is 0 Å². The van der Waals surface area contributed by atoms with Gasteiger partial charge in [0.25, 0.3) is 0 Å². The molecule has 22 heavy (non-hydrogen) atoms. The molecule has 4 nitrogen and oxygen atoms in total. The van der Waals surface area contributed by atoms with Crippen LogP contribution < -0.4 is 5.32 Å². The molecule has 0 bridgehead atoms. The van der Waals surface area contributed by atoms with Crippen LogP contribution in [0.2, 0.25) is 0 Å². The number of hydrogen-bond donors (Lipinski definition) is 2. The van der Waals surface area contributed by atoms with Crippen LogP contribution in [0.25, 0.3) is 10.9 Å². The molecule has 0 aliphatic heterocycles. The van der Waals surface area contributed by atoms with Crippen molar-refractivity contribution in [3.63, 3.8) is 0 Å².